The highest BCUT2D eigenvalue weighted by Crippen LogP contribution is 2.23. The van der Waals surface area contributed by atoms with Gasteiger partial charge in [0.25, 0.3) is 0 Å². The third kappa shape index (κ3) is 4.02. The van der Waals surface area contributed by atoms with Gasteiger partial charge in [-0.3, -0.25) is 0 Å². The molecule has 0 saturated heterocycles. The number of amides is 2. The minimum Gasteiger partial charge on any atom is -0.476 e. The number of halogens is 1. The zero-order chi connectivity index (χ0) is 15.4. The monoisotopic (exact) mass is 369 g/mol. The highest BCUT2D eigenvalue weighted by atomic mass is 79.9. The molecule has 110 valence electrons. The number of thiazole rings is 1. The number of aromatic nitrogens is 1. The van der Waals surface area contributed by atoms with Gasteiger partial charge in [-0.1, -0.05) is 22.0 Å². The maximum absolute atomic E-state index is 11.8. The number of carboxylic acid groups (broad SMARTS) is 1. The van der Waals surface area contributed by atoms with E-state index < -0.39 is 5.97 Å². The minimum absolute atomic E-state index is 0.0138. The van der Waals surface area contributed by atoms with Gasteiger partial charge in [0.2, 0.25) is 0 Å². The molecule has 21 heavy (non-hydrogen) atoms. The molecule has 0 aliphatic carbocycles. The number of rotatable bonds is 4. The molecule has 2 aromatic rings. The van der Waals surface area contributed by atoms with E-state index in [1.807, 2.05) is 19.1 Å². The summed E-state index contributed by atoms with van der Waals surface area (Å²) in [6.45, 7) is 2.07. The second-order valence-electron chi connectivity index (χ2n) is 4.15. The van der Waals surface area contributed by atoms with Crippen molar-refractivity contribution >= 4 is 45.0 Å². The topological polar surface area (TPSA) is 91.3 Å². The molecule has 2 rings (SSSR count). The van der Waals surface area contributed by atoms with Crippen LogP contribution in [0.2, 0.25) is 0 Å². The average Bonchev–Trinajstić information content (AvgIpc) is 2.91. The number of carbonyl (C=O) groups is 2. The third-order valence-electron chi connectivity index (χ3n) is 2.69. The van der Waals surface area contributed by atoms with Gasteiger partial charge in [0.05, 0.1) is 6.54 Å². The Kier molecular flexibility index (Phi) is 4.92. The Morgan fingerprint density at radius 2 is 2.19 bits per heavy atom. The molecule has 0 radical (unpaired) electrons. The first-order valence-corrected chi connectivity index (χ1v) is 7.62. The van der Waals surface area contributed by atoms with Gasteiger partial charge in [-0.2, -0.15) is 0 Å². The lowest BCUT2D eigenvalue weighted by molar-refractivity contribution is 0.0691. The molecule has 0 spiro atoms. The summed E-state index contributed by atoms with van der Waals surface area (Å²) in [6.07, 6.45) is 0. The van der Waals surface area contributed by atoms with Crippen molar-refractivity contribution in [3.63, 3.8) is 0 Å². The van der Waals surface area contributed by atoms with Gasteiger partial charge in [0, 0.05) is 15.5 Å². The SMILES string of the molecule is Cc1c(Br)cccc1NC(=O)NCc1nc(C(=O)O)cs1. The van der Waals surface area contributed by atoms with E-state index in [0.29, 0.717) is 10.7 Å². The summed E-state index contributed by atoms with van der Waals surface area (Å²) in [5.74, 6) is -1.08. The molecule has 1 aromatic heterocycles. The summed E-state index contributed by atoms with van der Waals surface area (Å²) in [4.78, 5) is 26.4. The summed E-state index contributed by atoms with van der Waals surface area (Å²) in [6, 6.07) is 5.14. The number of hydrogen-bond acceptors (Lipinski definition) is 4. The fourth-order valence-corrected chi connectivity index (χ4v) is 2.63. The summed E-state index contributed by atoms with van der Waals surface area (Å²) >= 11 is 4.58. The van der Waals surface area contributed by atoms with Gasteiger partial charge < -0.3 is 15.7 Å². The lowest BCUT2D eigenvalue weighted by Gasteiger charge is -2.10. The van der Waals surface area contributed by atoms with E-state index in [4.69, 9.17) is 5.11 Å². The van der Waals surface area contributed by atoms with Crippen LogP contribution in [-0.2, 0) is 6.54 Å². The van der Waals surface area contributed by atoms with Gasteiger partial charge in [-0.05, 0) is 24.6 Å². The molecule has 1 aromatic carbocycles. The minimum atomic E-state index is -1.08. The second-order valence-corrected chi connectivity index (χ2v) is 5.95. The standard InChI is InChI=1S/C13H12BrN3O3S/c1-7-8(14)3-2-4-9(7)17-13(20)15-5-11-16-10(6-21-11)12(18)19/h2-4,6H,5H2,1H3,(H,18,19)(H2,15,17,20). The van der Waals surface area contributed by atoms with Crippen LogP contribution in [-0.4, -0.2) is 22.1 Å². The van der Waals surface area contributed by atoms with E-state index in [2.05, 4.69) is 31.5 Å². The molecular formula is C13H12BrN3O3S. The molecule has 0 bridgehead atoms. The number of aromatic carboxylic acids is 1. The highest BCUT2D eigenvalue weighted by molar-refractivity contribution is 9.10. The number of nitrogens with zero attached hydrogens (tertiary/aromatic N) is 1. The van der Waals surface area contributed by atoms with Crippen LogP contribution in [0.25, 0.3) is 0 Å². The van der Waals surface area contributed by atoms with E-state index in [1.165, 1.54) is 16.7 Å². The van der Waals surface area contributed by atoms with Crippen LogP contribution in [0.1, 0.15) is 21.1 Å². The van der Waals surface area contributed by atoms with Gasteiger partial charge in [0.1, 0.15) is 5.01 Å². The van der Waals surface area contributed by atoms with E-state index in [-0.39, 0.29) is 18.3 Å². The molecule has 0 fully saturated rings. The van der Waals surface area contributed by atoms with Crippen LogP contribution in [0.4, 0.5) is 10.5 Å². The number of carbonyl (C=O) groups excluding carboxylic acids is 1. The number of carboxylic acids is 1. The molecule has 0 atom stereocenters. The van der Waals surface area contributed by atoms with Crippen molar-refractivity contribution in [2.24, 2.45) is 0 Å². The molecule has 0 aliphatic heterocycles. The molecule has 6 nitrogen and oxygen atoms in total. The van der Waals surface area contributed by atoms with Crippen molar-refractivity contribution in [3.8, 4) is 0 Å². The largest absolute Gasteiger partial charge is 0.476 e. The van der Waals surface area contributed by atoms with Crippen molar-refractivity contribution in [2.75, 3.05) is 5.32 Å². The lowest BCUT2D eigenvalue weighted by atomic mass is 10.2. The summed E-state index contributed by atoms with van der Waals surface area (Å²) in [5.41, 5.74) is 1.61. The smallest absolute Gasteiger partial charge is 0.355 e. The zero-order valence-electron chi connectivity index (χ0n) is 11.0. The first-order valence-electron chi connectivity index (χ1n) is 5.95. The average molecular weight is 370 g/mol. The normalized spacial score (nSPS) is 10.2. The molecule has 0 unspecified atom stereocenters. The molecule has 2 amide bonds. The molecule has 8 heteroatoms. The van der Waals surface area contributed by atoms with Crippen LogP contribution in [0, 0.1) is 6.92 Å². The van der Waals surface area contributed by atoms with E-state index in [0.717, 1.165) is 10.0 Å². The summed E-state index contributed by atoms with van der Waals surface area (Å²) in [5, 5.41) is 16.1. The van der Waals surface area contributed by atoms with Gasteiger partial charge in [0.15, 0.2) is 5.69 Å². The molecule has 1 heterocycles. The second kappa shape index (κ2) is 6.68. The Morgan fingerprint density at radius 3 is 2.86 bits per heavy atom. The quantitative estimate of drug-likeness (QED) is 0.771. The molecule has 3 N–H and O–H groups in total. The Labute approximate surface area is 133 Å². The van der Waals surface area contributed by atoms with Crippen LogP contribution in [0.3, 0.4) is 0 Å². The summed E-state index contributed by atoms with van der Waals surface area (Å²) in [7, 11) is 0. The fraction of sp³-hybridized carbons (Fsp3) is 0.154. The highest BCUT2D eigenvalue weighted by Gasteiger charge is 2.10. The Morgan fingerprint density at radius 1 is 1.43 bits per heavy atom. The Hall–Kier alpha value is -1.93. The van der Waals surface area contributed by atoms with Gasteiger partial charge in [-0.15, -0.1) is 11.3 Å². The maximum atomic E-state index is 11.8. The van der Waals surface area contributed by atoms with Crippen molar-refractivity contribution < 1.29 is 14.7 Å². The number of urea groups is 1. The number of hydrogen-bond donors (Lipinski definition) is 3. The predicted molar refractivity (Wildman–Crippen MR) is 83.8 cm³/mol. The number of anilines is 1. The number of benzene rings is 1. The first kappa shape index (κ1) is 15.5. The van der Waals surface area contributed by atoms with Crippen molar-refractivity contribution in [2.45, 2.75) is 13.5 Å². The predicted octanol–water partition coefficient (Wildman–Crippen LogP) is 3.23. The molecule has 0 saturated carbocycles. The Balaban J connectivity index is 1.92. The molecular weight excluding hydrogens is 358 g/mol. The fourth-order valence-electron chi connectivity index (χ4n) is 1.56. The Bertz CT molecular complexity index is 687. The van der Waals surface area contributed by atoms with Crippen molar-refractivity contribution in [3.05, 3.63) is 44.3 Å². The third-order valence-corrected chi connectivity index (χ3v) is 4.39. The first-order chi connectivity index (χ1) is 9.97. The lowest BCUT2D eigenvalue weighted by Crippen LogP contribution is -2.28. The van der Waals surface area contributed by atoms with E-state index in [9.17, 15) is 9.59 Å². The van der Waals surface area contributed by atoms with Crippen molar-refractivity contribution in [1.82, 2.24) is 10.3 Å². The van der Waals surface area contributed by atoms with E-state index in [1.54, 1.807) is 6.07 Å². The van der Waals surface area contributed by atoms with Crippen LogP contribution in [0.15, 0.2) is 28.1 Å². The van der Waals surface area contributed by atoms with Gasteiger partial charge in [-0.25, -0.2) is 14.6 Å². The number of nitrogens with one attached hydrogen (secondary N) is 2. The van der Waals surface area contributed by atoms with Gasteiger partial charge >= 0.3 is 12.0 Å². The van der Waals surface area contributed by atoms with Crippen molar-refractivity contribution in [1.29, 1.82) is 0 Å². The van der Waals surface area contributed by atoms with Crippen LogP contribution in [0.5, 0.6) is 0 Å². The van der Waals surface area contributed by atoms with E-state index >= 15 is 0 Å². The van der Waals surface area contributed by atoms with Crippen LogP contribution >= 0.6 is 27.3 Å². The molecule has 0 aliphatic rings. The summed E-state index contributed by atoms with van der Waals surface area (Å²) < 4.78 is 0.909. The maximum Gasteiger partial charge on any atom is 0.355 e. The zero-order valence-corrected chi connectivity index (χ0v) is 13.4. The van der Waals surface area contributed by atoms with Crippen LogP contribution < -0.4 is 10.6 Å².